The summed E-state index contributed by atoms with van der Waals surface area (Å²) in [6.07, 6.45) is 4.88. The molecule has 0 radical (unpaired) electrons. The highest BCUT2D eigenvalue weighted by molar-refractivity contribution is 7.98. The van der Waals surface area contributed by atoms with Gasteiger partial charge in [-0.3, -0.25) is 0 Å². The van der Waals surface area contributed by atoms with E-state index in [1.165, 1.54) is 25.7 Å². The van der Waals surface area contributed by atoms with Crippen LogP contribution in [0.25, 0.3) is 22.7 Å². The molecule has 4 aromatic rings. The normalized spacial score (nSPS) is 16.3. The molecule has 8 nitrogen and oxygen atoms in total. The average molecular weight is 420 g/mol. The molecule has 6 rings (SSSR count). The number of rotatable bonds is 7. The predicted octanol–water partition coefficient (Wildman–Crippen LogP) is 4.80. The average Bonchev–Trinajstić information content (AvgIpc) is 3.67. The van der Waals surface area contributed by atoms with E-state index in [-0.39, 0.29) is 0 Å². The van der Waals surface area contributed by atoms with Crippen LogP contribution in [0.4, 0.5) is 0 Å². The lowest BCUT2D eigenvalue weighted by atomic mass is 10.1. The van der Waals surface area contributed by atoms with Crippen molar-refractivity contribution in [1.82, 2.24) is 30.1 Å². The topological polar surface area (TPSA) is 95.7 Å². The number of aryl methyl sites for hydroxylation is 1. The molecule has 2 saturated carbocycles. The van der Waals surface area contributed by atoms with Crippen LogP contribution in [0.15, 0.2) is 44.4 Å². The molecule has 30 heavy (non-hydrogen) atoms. The molecular formula is C21H20N6O2S. The molecule has 2 fully saturated rings. The smallest absolute Gasteiger partial charge is 0.253 e. The standard InChI is InChI=1S/C21H20N6O2S/c1-12-17(18(26-29-12)13-5-3-2-4-6-13)20-24-22-16(28-20)11-30-21-25-23-19(14-7-8-14)27(21)15-9-10-15/h2-6,14-15H,7-11H2,1H3. The summed E-state index contributed by atoms with van der Waals surface area (Å²) in [5.74, 6) is 3.92. The first-order valence-corrected chi connectivity index (χ1v) is 11.2. The number of aromatic nitrogens is 6. The van der Waals surface area contributed by atoms with Crippen molar-refractivity contribution in [2.24, 2.45) is 0 Å². The molecule has 2 aliphatic rings. The van der Waals surface area contributed by atoms with Gasteiger partial charge in [-0.1, -0.05) is 47.3 Å². The van der Waals surface area contributed by atoms with Crippen molar-refractivity contribution >= 4 is 11.8 Å². The molecule has 0 bridgehead atoms. The van der Waals surface area contributed by atoms with Crippen molar-refractivity contribution in [3.05, 3.63) is 47.8 Å². The number of hydrogen-bond donors (Lipinski definition) is 0. The highest BCUT2D eigenvalue weighted by Gasteiger charge is 2.36. The zero-order valence-corrected chi connectivity index (χ0v) is 17.3. The van der Waals surface area contributed by atoms with Crippen LogP contribution >= 0.6 is 11.8 Å². The van der Waals surface area contributed by atoms with Gasteiger partial charge in [0, 0.05) is 17.5 Å². The second kappa shape index (κ2) is 7.09. The molecule has 3 aromatic heterocycles. The summed E-state index contributed by atoms with van der Waals surface area (Å²) < 4.78 is 13.7. The van der Waals surface area contributed by atoms with Gasteiger partial charge in [0.15, 0.2) is 5.16 Å². The van der Waals surface area contributed by atoms with E-state index in [9.17, 15) is 0 Å². The molecular weight excluding hydrogens is 400 g/mol. The van der Waals surface area contributed by atoms with Gasteiger partial charge in [-0.15, -0.1) is 20.4 Å². The fraction of sp³-hybridized carbons (Fsp3) is 0.381. The maximum absolute atomic E-state index is 5.97. The van der Waals surface area contributed by atoms with Crippen LogP contribution in [0.2, 0.25) is 0 Å². The van der Waals surface area contributed by atoms with Gasteiger partial charge >= 0.3 is 0 Å². The first-order chi connectivity index (χ1) is 14.8. The third-order valence-corrected chi connectivity index (χ3v) is 6.39. The molecule has 1 aromatic carbocycles. The summed E-state index contributed by atoms with van der Waals surface area (Å²) in [5, 5.41) is 22.5. The number of nitrogens with zero attached hydrogens (tertiary/aromatic N) is 6. The SMILES string of the molecule is Cc1onc(-c2ccccc2)c1-c1nnc(CSc2nnc(C3CC3)n2C2CC2)o1. The summed E-state index contributed by atoms with van der Waals surface area (Å²) in [6.45, 7) is 1.85. The third kappa shape index (κ3) is 3.23. The molecule has 152 valence electrons. The first kappa shape index (κ1) is 17.9. The fourth-order valence-corrected chi connectivity index (χ4v) is 4.49. The Balaban J connectivity index is 1.24. The molecule has 0 N–H and O–H groups in total. The maximum Gasteiger partial charge on any atom is 0.253 e. The van der Waals surface area contributed by atoms with Gasteiger partial charge in [0.25, 0.3) is 5.89 Å². The van der Waals surface area contributed by atoms with E-state index < -0.39 is 0 Å². The highest BCUT2D eigenvalue weighted by atomic mass is 32.2. The van der Waals surface area contributed by atoms with E-state index in [1.54, 1.807) is 11.8 Å². The van der Waals surface area contributed by atoms with Crippen LogP contribution in [0.5, 0.6) is 0 Å². The predicted molar refractivity (Wildman–Crippen MR) is 110 cm³/mol. The van der Waals surface area contributed by atoms with Gasteiger partial charge in [0.1, 0.15) is 22.8 Å². The lowest BCUT2D eigenvalue weighted by Crippen LogP contribution is -2.01. The van der Waals surface area contributed by atoms with E-state index in [4.69, 9.17) is 8.94 Å². The lowest BCUT2D eigenvalue weighted by Gasteiger charge is -2.06. The molecule has 0 aliphatic heterocycles. The van der Waals surface area contributed by atoms with Crippen LogP contribution in [-0.4, -0.2) is 30.1 Å². The van der Waals surface area contributed by atoms with E-state index in [0.29, 0.717) is 40.9 Å². The van der Waals surface area contributed by atoms with Crippen molar-refractivity contribution in [2.75, 3.05) is 0 Å². The zero-order chi connectivity index (χ0) is 20.1. The molecule has 2 aliphatic carbocycles. The summed E-state index contributed by atoms with van der Waals surface area (Å²) in [5.41, 5.74) is 2.39. The second-order valence-electron chi connectivity index (χ2n) is 7.83. The Morgan fingerprint density at radius 2 is 1.87 bits per heavy atom. The van der Waals surface area contributed by atoms with Gasteiger partial charge in [-0.2, -0.15) is 0 Å². The van der Waals surface area contributed by atoms with Crippen LogP contribution in [-0.2, 0) is 5.75 Å². The van der Waals surface area contributed by atoms with Crippen molar-refractivity contribution in [2.45, 2.75) is 55.5 Å². The molecule has 3 heterocycles. The minimum absolute atomic E-state index is 0.422. The van der Waals surface area contributed by atoms with E-state index in [1.807, 2.05) is 37.3 Å². The first-order valence-electron chi connectivity index (χ1n) is 10.2. The van der Waals surface area contributed by atoms with E-state index >= 15 is 0 Å². The van der Waals surface area contributed by atoms with Gasteiger partial charge in [-0.05, 0) is 32.6 Å². The highest BCUT2D eigenvalue weighted by Crippen LogP contribution is 2.46. The Bertz CT molecular complexity index is 1190. The summed E-state index contributed by atoms with van der Waals surface area (Å²) >= 11 is 1.60. The Morgan fingerprint density at radius 1 is 1.03 bits per heavy atom. The third-order valence-electron chi connectivity index (χ3n) is 5.46. The van der Waals surface area contributed by atoms with E-state index in [0.717, 1.165) is 22.1 Å². The molecule has 0 unspecified atom stereocenters. The van der Waals surface area contributed by atoms with Crippen LogP contribution in [0.1, 0.15) is 55.1 Å². The Labute approximate surface area is 177 Å². The Hall–Kier alpha value is -2.94. The summed E-state index contributed by atoms with van der Waals surface area (Å²) in [7, 11) is 0. The largest absolute Gasteiger partial charge is 0.420 e. The van der Waals surface area contributed by atoms with Crippen LogP contribution < -0.4 is 0 Å². The monoisotopic (exact) mass is 420 g/mol. The van der Waals surface area contributed by atoms with E-state index in [2.05, 4.69) is 30.1 Å². The fourth-order valence-electron chi connectivity index (χ4n) is 3.64. The molecule has 0 spiro atoms. The second-order valence-corrected chi connectivity index (χ2v) is 8.78. The van der Waals surface area contributed by atoms with Gasteiger partial charge in [-0.25, -0.2) is 0 Å². The minimum atomic E-state index is 0.422. The van der Waals surface area contributed by atoms with Gasteiger partial charge < -0.3 is 13.5 Å². The number of hydrogen-bond acceptors (Lipinski definition) is 8. The van der Waals surface area contributed by atoms with Gasteiger partial charge in [0.2, 0.25) is 5.89 Å². The summed E-state index contributed by atoms with van der Waals surface area (Å²) in [4.78, 5) is 0. The minimum Gasteiger partial charge on any atom is -0.420 e. The Morgan fingerprint density at radius 3 is 2.63 bits per heavy atom. The molecule has 0 saturated heterocycles. The van der Waals surface area contributed by atoms with Crippen molar-refractivity contribution in [1.29, 1.82) is 0 Å². The van der Waals surface area contributed by atoms with Crippen molar-refractivity contribution in [3.8, 4) is 22.7 Å². The van der Waals surface area contributed by atoms with Gasteiger partial charge in [0.05, 0.1) is 5.75 Å². The lowest BCUT2D eigenvalue weighted by molar-refractivity contribution is 0.399. The molecule has 0 atom stereocenters. The van der Waals surface area contributed by atoms with Crippen LogP contribution in [0.3, 0.4) is 0 Å². The Kier molecular flexibility index (Phi) is 4.22. The number of thioether (sulfide) groups is 1. The zero-order valence-electron chi connectivity index (χ0n) is 16.5. The quantitative estimate of drug-likeness (QED) is 0.394. The summed E-state index contributed by atoms with van der Waals surface area (Å²) in [6, 6.07) is 10.4. The number of benzene rings is 1. The molecule has 0 amide bonds. The van der Waals surface area contributed by atoms with Crippen molar-refractivity contribution in [3.63, 3.8) is 0 Å². The maximum atomic E-state index is 5.97. The van der Waals surface area contributed by atoms with Crippen molar-refractivity contribution < 1.29 is 8.94 Å². The molecule has 9 heteroatoms. The van der Waals surface area contributed by atoms with Crippen LogP contribution in [0, 0.1) is 6.92 Å².